The topological polar surface area (TPSA) is 56.8 Å². The first-order valence-corrected chi connectivity index (χ1v) is 13.6. The molecule has 1 aliphatic heterocycles. The summed E-state index contributed by atoms with van der Waals surface area (Å²) in [5, 5.41) is 0.230. The summed E-state index contributed by atoms with van der Waals surface area (Å²) in [5.41, 5.74) is 4.07. The number of rotatable bonds is 6. The number of fused-ring (bicyclic) bond motifs is 1. The Balaban J connectivity index is 1.31. The van der Waals surface area contributed by atoms with E-state index >= 15 is 0 Å². The molecule has 3 aromatic rings. The lowest BCUT2D eigenvalue weighted by molar-refractivity contribution is 0.0687. The van der Waals surface area contributed by atoms with Crippen molar-refractivity contribution in [3.05, 3.63) is 94.0 Å². The van der Waals surface area contributed by atoms with E-state index < -0.39 is 5.82 Å². The first kappa shape index (κ1) is 26.2. The Morgan fingerprint density at radius 1 is 1.03 bits per heavy atom. The molecule has 8 heteroatoms. The van der Waals surface area contributed by atoms with Crippen molar-refractivity contribution in [1.82, 2.24) is 14.8 Å². The number of carbonyl (C=O) groups is 2. The number of hydrogen-bond acceptors (Lipinski definition) is 4. The van der Waals surface area contributed by atoms with Crippen molar-refractivity contribution in [3.63, 3.8) is 0 Å². The number of benzene rings is 2. The summed E-state index contributed by atoms with van der Waals surface area (Å²) >= 11 is 6.25. The van der Waals surface area contributed by atoms with Crippen LogP contribution in [0.3, 0.4) is 0 Å². The molecule has 1 atom stereocenters. The highest BCUT2D eigenvalue weighted by Crippen LogP contribution is 2.38. The van der Waals surface area contributed by atoms with Gasteiger partial charge >= 0.3 is 0 Å². The third-order valence-corrected chi connectivity index (χ3v) is 8.27. The van der Waals surface area contributed by atoms with Gasteiger partial charge < -0.3 is 14.7 Å². The zero-order valence-corrected chi connectivity index (χ0v) is 22.5. The molecule has 5 rings (SSSR count). The van der Waals surface area contributed by atoms with Gasteiger partial charge in [0.05, 0.1) is 16.6 Å². The van der Waals surface area contributed by atoms with Gasteiger partial charge in [-0.25, -0.2) is 4.39 Å². The Hall–Kier alpha value is -3.45. The van der Waals surface area contributed by atoms with Crippen molar-refractivity contribution in [2.24, 2.45) is 0 Å². The molecular formula is C30H32ClFN4O2. The van der Waals surface area contributed by atoms with E-state index in [1.165, 1.54) is 18.2 Å². The van der Waals surface area contributed by atoms with Gasteiger partial charge in [0.15, 0.2) is 0 Å². The highest BCUT2D eigenvalue weighted by atomic mass is 35.5. The molecule has 1 aromatic heterocycles. The molecule has 0 bridgehead atoms. The van der Waals surface area contributed by atoms with Crippen molar-refractivity contribution in [1.29, 1.82) is 0 Å². The molecular weight excluding hydrogens is 503 g/mol. The molecule has 0 unspecified atom stereocenters. The first-order valence-electron chi connectivity index (χ1n) is 13.2. The van der Waals surface area contributed by atoms with E-state index in [2.05, 4.69) is 9.88 Å². The normalized spacial score (nSPS) is 17.3. The number of halogens is 2. The van der Waals surface area contributed by atoms with E-state index in [1.54, 1.807) is 17.3 Å². The number of pyridine rings is 1. The Morgan fingerprint density at radius 3 is 2.47 bits per heavy atom. The van der Waals surface area contributed by atoms with E-state index in [-0.39, 0.29) is 34.5 Å². The van der Waals surface area contributed by atoms with Gasteiger partial charge in [0.2, 0.25) is 0 Å². The largest absolute Gasteiger partial charge is 0.371 e. The quantitative estimate of drug-likeness (QED) is 0.403. The van der Waals surface area contributed by atoms with Gasteiger partial charge in [-0.3, -0.25) is 14.6 Å². The van der Waals surface area contributed by atoms with Crippen molar-refractivity contribution >= 4 is 29.1 Å². The third-order valence-electron chi connectivity index (χ3n) is 7.94. The van der Waals surface area contributed by atoms with Gasteiger partial charge in [0.1, 0.15) is 5.82 Å². The zero-order valence-electron chi connectivity index (χ0n) is 21.7. The van der Waals surface area contributed by atoms with Gasteiger partial charge in [0.25, 0.3) is 11.8 Å². The van der Waals surface area contributed by atoms with Crippen LogP contribution in [0.25, 0.3) is 0 Å². The number of hydrogen-bond donors (Lipinski definition) is 0. The average molecular weight is 535 g/mol. The van der Waals surface area contributed by atoms with E-state index in [0.717, 1.165) is 55.6 Å². The Morgan fingerprint density at radius 2 is 1.76 bits per heavy atom. The minimum Gasteiger partial charge on any atom is -0.371 e. The second kappa shape index (κ2) is 11.1. The van der Waals surface area contributed by atoms with Gasteiger partial charge in [-0.15, -0.1) is 0 Å². The molecule has 198 valence electrons. The number of anilines is 1. The molecule has 6 nitrogen and oxygen atoms in total. The molecule has 2 amide bonds. The van der Waals surface area contributed by atoms with Crippen molar-refractivity contribution in [2.75, 3.05) is 31.6 Å². The van der Waals surface area contributed by atoms with Crippen LogP contribution in [0.5, 0.6) is 0 Å². The van der Waals surface area contributed by atoms with Crippen LogP contribution < -0.4 is 4.90 Å². The maximum atomic E-state index is 13.9. The fourth-order valence-electron chi connectivity index (χ4n) is 5.79. The third kappa shape index (κ3) is 5.12. The smallest absolute Gasteiger partial charge is 0.255 e. The first-order chi connectivity index (χ1) is 18.4. The molecule has 0 radical (unpaired) electrons. The Bertz CT molecular complexity index is 1330. The maximum Gasteiger partial charge on any atom is 0.255 e. The average Bonchev–Trinajstić information content (AvgIpc) is 3.37. The number of piperidine rings is 1. The molecule has 1 aliphatic carbocycles. The minimum atomic E-state index is -0.497. The summed E-state index contributed by atoms with van der Waals surface area (Å²) in [5.74, 6) is -0.809. The van der Waals surface area contributed by atoms with Crippen molar-refractivity contribution in [3.8, 4) is 0 Å². The Labute approximate surface area is 228 Å². The van der Waals surface area contributed by atoms with Crippen LogP contribution in [-0.2, 0) is 6.42 Å². The molecule has 2 heterocycles. The number of amides is 2. The summed E-state index contributed by atoms with van der Waals surface area (Å²) in [4.78, 5) is 37.0. The predicted molar refractivity (Wildman–Crippen MR) is 147 cm³/mol. The van der Waals surface area contributed by atoms with Gasteiger partial charge in [-0.2, -0.15) is 0 Å². The lowest BCUT2D eigenvalue weighted by Crippen LogP contribution is -2.45. The number of nitrogens with zero attached hydrogens (tertiary/aromatic N) is 4. The lowest BCUT2D eigenvalue weighted by Gasteiger charge is -2.38. The molecule has 0 spiro atoms. The summed E-state index contributed by atoms with van der Waals surface area (Å²) in [6, 6.07) is 13.7. The van der Waals surface area contributed by atoms with Gasteiger partial charge in [0, 0.05) is 56.4 Å². The Kier molecular flexibility index (Phi) is 7.65. The summed E-state index contributed by atoms with van der Waals surface area (Å²) < 4.78 is 13.9. The fraction of sp³-hybridized carbons (Fsp3) is 0.367. The van der Waals surface area contributed by atoms with Crippen LogP contribution in [0.2, 0.25) is 5.02 Å². The van der Waals surface area contributed by atoms with Crippen LogP contribution in [0.15, 0.2) is 60.9 Å². The standard InChI is InChI=1S/C30H32ClFN4O2/c1-3-36(30(38)26-19-22(32)7-8-27(26)31)28-9-6-20-4-5-21(18-25(20)28)29(37)34(2)23-12-16-35(17-13-23)24-10-14-33-15-11-24/h4-5,7-8,10-11,14-15,18-19,23,28H,3,6,9,12-13,16-17H2,1-2H3/t28-/m1/s1. The SMILES string of the molecule is CCN(C(=O)c1cc(F)ccc1Cl)[C@@H]1CCc2ccc(C(=O)N(C)C3CCN(c4ccncc4)CC3)cc21. The van der Waals surface area contributed by atoms with Crippen molar-refractivity contribution < 1.29 is 14.0 Å². The van der Waals surface area contributed by atoms with Crippen LogP contribution in [0, 0.1) is 5.82 Å². The second-order valence-electron chi connectivity index (χ2n) is 10.0. The van der Waals surface area contributed by atoms with Crippen LogP contribution in [0.4, 0.5) is 10.1 Å². The number of aromatic nitrogens is 1. The van der Waals surface area contributed by atoms with Crippen LogP contribution in [-0.4, -0.2) is 59.3 Å². The van der Waals surface area contributed by atoms with E-state index in [9.17, 15) is 14.0 Å². The maximum absolute atomic E-state index is 13.9. The monoisotopic (exact) mass is 534 g/mol. The molecule has 2 aliphatic rings. The molecule has 1 saturated heterocycles. The molecule has 0 N–H and O–H groups in total. The summed E-state index contributed by atoms with van der Waals surface area (Å²) in [7, 11) is 1.88. The van der Waals surface area contributed by atoms with Gasteiger partial charge in [-0.1, -0.05) is 17.7 Å². The highest BCUT2D eigenvalue weighted by Gasteiger charge is 2.33. The number of aryl methyl sites for hydroxylation is 1. The zero-order chi connectivity index (χ0) is 26.8. The summed E-state index contributed by atoms with van der Waals surface area (Å²) in [6.45, 7) is 4.12. The molecule has 2 aromatic carbocycles. The van der Waals surface area contributed by atoms with E-state index in [0.29, 0.717) is 12.1 Å². The van der Waals surface area contributed by atoms with Crippen molar-refractivity contribution in [2.45, 2.75) is 44.7 Å². The van der Waals surface area contributed by atoms with Crippen LogP contribution in [0.1, 0.15) is 64.1 Å². The second-order valence-corrected chi connectivity index (χ2v) is 10.4. The number of carbonyl (C=O) groups excluding carboxylic acids is 2. The summed E-state index contributed by atoms with van der Waals surface area (Å²) in [6.07, 6.45) is 6.97. The van der Waals surface area contributed by atoms with E-state index in [4.69, 9.17) is 11.6 Å². The molecule has 1 fully saturated rings. The van der Waals surface area contributed by atoms with E-state index in [1.807, 2.05) is 49.2 Å². The molecule has 0 saturated carbocycles. The minimum absolute atomic E-state index is 0.0108. The lowest BCUT2D eigenvalue weighted by atomic mass is 9.99. The fourth-order valence-corrected chi connectivity index (χ4v) is 5.99. The molecule has 38 heavy (non-hydrogen) atoms. The highest BCUT2D eigenvalue weighted by molar-refractivity contribution is 6.33. The predicted octanol–water partition coefficient (Wildman–Crippen LogP) is 5.76. The van der Waals surface area contributed by atoms with Crippen LogP contribution >= 0.6 is 11.6 Å². The van der Waals surface area contributed by atoms with Gasteiger partial charge in [-0.05, 0) is 86.2 Å².